The average Bonchev–Trinajstić information content (AvgIpc) is 1.53. The Labute approximate surface area is 748 Å². The summed E-state index contributed by atoms with van der Waals surface area (Å²) in [5.41, 5.74) is 16.5. The van der Waals surface area contributed by atoms with Crippen molar-refractivity contribution < 1.29 is 81.6 Å². The molecule has 0 N–H and O–H groups in total. The molecule has 122 heavy (non-hydrogen) atoms. The van der Waals surface area contributed by atoms with Gasteiger partial charge in [-0.05, 0) is 130 Å². The minimum Gasteiger partial charge on any atom is -0.504 e. The molecule has 23 aromatic rings. The van der Waals surface area contributed by atoms with Gasteiger partial charge in [0, 0.05) is 116 Å². The van der Waals surface area contributed by atoms with Crippen molar-refractivity contribution in [3.8, 4) is 107 Å². The van der Waals surface area contributed by atoms with Crippen molar-refractivity contribution in [3.05, 3.63) is 412 Å². The van der Waals surface area contributed by atoms with Crippen LogP contribution in [0.3, 0.4) is 0 Å². The van der Waals surface area contributed by atoms with Crippen molar-refractivity contribution in [1.82, 2.24) is 33.2 Å². The zero-order valence-electron chi connectivity index (χ0n) is 76.8. The molecule has 14 heteroatoms. The van der Waals surface area contributed by atoms with E-state index in [4.69, 9.17) is 30.3 Å². The van der Waals surface area contributed by atoms with Crippen molar-refractivity contribution in [2.24, 2.45) is 6.98 Å². The molecular formula is C108H69N9O3Pt2-4. The fourth-order valence-electron chi connectivity index (χ4n) is 16.6. The second kappa shape index (κ2) is 31.9. The van der Waals surface area contributed by atoms with Crippen LogP contribution >= 0.6 is 0 Å². The normalized spacial score (nSPS) is 12.9. The van der Waals surface area contributed by atoms with E-state index in [0.717, 1.165) is 99.0 Å². The number of nitrogens with zero attached hydrogens (tertiary/aromatic N) is 9. The zero-order chi connectivity index (χ0) is 90.2. The van der Waals surface area contributed by atoms with Gasteiger partial charge in [-0.3, -0.25) is 4.57 Å². The molecular weight excluding hydrogens is 1860 g/mol. The number of aryl methyl sites for hydroxylation is 2. The first-order chi connectivity index (χ1) is 64.2. The molecule has 12 nitrogen and oxygen atoms in total. The Hall–Kier alpha value is -14.7. The number of ether oxygens (including phenoxy) is 2. The van der Waals surface area contributed by atoms with Gasteiger partial charge in [-0.15, -0.1) is 48.0 Å². The molecule has 0 bridgehead atoms. The van der Waals surface area contributed by atoms with Gasteiger partial charge in [0.15, 0.2) is 0 Å². The van der Waals surface area contributed by atoms with E-state index in [0.29, 0.717) is 84.6 Å². The third kappa shape index (κ3) is 13.4. The van der Waals surface area contributed by atoms with Gasteiger partial charge in [0.05, 0.1) is 90.2 Å². The molecule has 0 fully saturated rings. The summed E-state index contributed by atoms with van der Waals surface area (Å²) in [4.78, 5) is 13.9. The molecule has 0 aliphatic carbocycles. The third-order valence-electron chi connectivity index (χ3n) is 21.8. The molecule has 23 rings (SSSR count). The van der Waals surface area contributed by atoms with E-state index < -0.39 is 37.2 Å². The summed E-state index contributed by atoms with van der Waals surface area (Å²) in [6.45, 7) is 0.836. The van der Waals surface area contributed by atoms with Gasteiger partial charge in [-0.1, -0.05) is 271 Å². The Morgan fingerprint density at radius 1 is 0.426 bits per heavy atom. The molecule has 0 amide bonds. The number of benzene rings is 15. The summed E-state index contributed by atoms with van der Waals surface area (Å²) < 4.78 is 136. The van der Waals surface area contributed by atoms with E-state index in [9.17, 15) is 0 Å². The number of hydrogen-bond donors (Lipinski definition) is 0. The van der Waals surface area contributed by atoms with Gasteiger partial charge in [0.25, 0.3) is 6.33 Å². The topological polar surface area (TPSA) is 97.8 Å². The first-order valence-corrected chi connectivity index (χ1v) is 39.0. The van der Waals surface area contributed by atoms with Gasteiger partial charge in [-0.2, -0.15) is 24.3 Å². The number of pyridine rings is 3. The van der Waals surface area contributed by atoms with Crippen LogP contribution in [0.2, 0.25) is 0 Å². The molecule has 15 aromatic carbocycles. The maximum Gasteiger partial charge on any atom is 0.268 e. The molecule has 588 valence electrons. The molecule has 0 aliphatic heterocycles. The fraction of sp³-hybridized carbons (Fsp3) is 0.0278. The SMILES string of the molecule is [2H]C([2H])([2H])[n+]1[c-]n(-c2[c-]c(Oc3[c-]c(-c4ccccn4)c4oc5nc(C)ccc5c4c3)ccc2)c2cccc(-c3c(-n4c5ccccc5c5ccccc54)cccc3-n3c4ccccc4c4ccccc43)c21.[2H]c1c([2H])c([2H])c(-c2cccc(-c3c([2H])c([2H])c([2H])c(C)c3[2H])c2-[n+]2[c-]n(-c3[c-]c(Oc4[c-]c(-c5nccc6ccccc56)ccc4)ccc3)c3ccccc32)c([2H])c1[2H].[Pt].[Pt]. The van der Waals surface area contributed by atoms with Crippen LogP contribution < -0.4 is 18.6 Å². The number of rotatable bonds is 14. The second-order valence-electron chi connectivity index (χ2n) is 29.0. The maximum atomic E-state index is 9.11. The molecule has 0 atom stereocenters. The second-order valence-corrected chi connectivity index (χ2v) is 29.0. The van der Waals surface area contributed by atoms with E-state index >= 15 is 0 Å². The summed E-state index contributed by atoms with van der Waals surface area (Å²) in [5, 5.41) is 8.15. The molecule has 0 radical (unpaired) electrons. The Morgan fingerprint density at radius 3 is 1.66 bits per heavy atom. The predicted octanol–water partition coefficient (Wildman–Crippen LogP) is 25.1. The third-order valence-corrected chi connectivity index (χ3v) is 21.8. The van der Waals surface area contributed by atoms with Crippen LogP contribution in [0.1, 0.15) is 27.7 Å². The van der Waals surface area contributed by atoms with Crippen LogP contribution in [0, 0.1) is 50.8 Å². The Bertz CT molecular complexity index is 8340. The van der Waals surface area contributed by atoms with Gasteiger partial charge < -0.3 is 46.7 Å². The Morgan fingerprint density at radius 2 is 0.984 bits per heavy atom. The summed E-state index contributed by atoms with van der Waals surface area (Å²) >= 11 is 0. The van der Waals surface area contributed by atoms with Gasteiger partial charge in [0.1, 0.15) is 0 Å². The van der Waals surface area contributed by atoms with Crippen molar-refractivity contribution in [2.45, 2.75) is 13.8 Å². The standard InChI is InChI=1S/C61H38N6O2.C47H31N3O.2Pt/c1-38-31-32-46-48-35-41(36-49(50-23-11-12-33-62-50)60(48)69-61(46)63-38)68-40-17-13-16-39(34-40)65-37-64(2)59-47(22-14-30-57(59)65)58-55(66-51-24-7-3-18-42(51)43-19-4-8-25-52(43)66)28-15-29-56(58)67-53-26-9-5-20-44(53)45-21-6-10-27-54(45)67;1-33-13-9-17-36(29-33)43-24-12-23-42(34-14-3-2-4-15-34)47(43)50-32-49(44-25-7-8-26-45(44)50)38-19-11-21-40(31-38)51-39-20-10-18-37(30-39)46-41-22-6-5-16-35(41)27-28-48-46;;/h3-33,35H,1-2H3;2-29H,1H3;;/q2*-2;;/i2D3;2D,3D,4D,9D,13D,14D,15D,17D,29D;;. The summed E-state index contributed by atoms with van der Waals surface area (Å²) in [6.07, 6.45) is 10.2. The Balaban J connectivity index is 0.000000167. The molecule has 0 spiro atoms. The molecule has 8 aromatic heterocycles. The van der Waals surface area contributed by atoms with E-state index in [1.807, 2.05) is 159 Å². The number of aromatic nitrogens is 9. The van der Waals surface area contributed by atoms with Gasteiger partial charge in [-0.25, -0.2) is 4.98 Å². The summed E-state index contributed by atoms with van der Waals surface area (Å²) in [5.74, 6) is 1.63. The molecule has 0 unspecified atom stereocenters. The molecule has 0 aliphatic rings. The van der Waals surface area contributed by atoms with Crippen LogP contribution in [-0.2, 0) is 49.1 Å². The van der Waals surface area contributed by atoms with Gasteiger partial charge in [0.2, 0.25) is 12.0 Å². The molecule has 0 saturated heterocycles. The van der Waals surface area contributed by atoms with Crippen molar-refractivity contribution in [1.29, 1.82) is 0 Å². The van der Waals surface area contributed by atoms with Crippen LogP contribution in [0.25, 0.3) is 183 Å². The first-order valence-electron chi connectivity index (χ1n) is 45.0. The van der Waals surface area contributed by atoms with Crippen LogP contribution in [-0.4, -0.2) is 33.2 Å². The smallest absolute Gasteiger partial charge is 0.268 e. The van der Waals surface area contributed by atoms with Crippen LogP contribution in [0.15, 0.2) is 368 Å². The van der Waals surface area contributed by atoms with Crippen molar-refractivity contribution >= 4 is 98.5 Å². The fourth-order valence-corrected chi connectivity index (χ4v) is 16.6. The summed E-state index contributed by atoms with van der Waals surface area (Å²) in [7, 11) is 0. The number of furan rings is 1. The number of para-hydroxylation sites is 8. The zero-order valence-corrected chi connectivity index (χ0v) is 69.4. The van der Waals surface area contributed by atoms with E-state index in [2.05, 4.69) is 176 Å². The summed E-state index contributed by atoms with van der Waals surface area (Å²) in [6, 6.07) is 106. The maximum absolute atomic E-state index is 9.11. The number of imidazole rings is 2. The number of hydrogen-bond acceptors (Lipinski definition) is 6. The Kier molecular flexibility index (Phi) is 16.6. The quantitative estimate of drug-likeness (QED) is 0.0795. The van der Waals surface area contributed by atoms with Gasteiger partial charge >= 0.3 is 0 Å². The van der Waals surface area contributed by atoms with E-state index in [-0.39, 0.29) is 99.8 Å². The average molecular weight is 1940 g/mol. The predicted molar refractivity (Wildman–Crippen MR) is 479 cm³/mol. The van der Waals surface area contributed by atoms with Crippen molar-refractivity contribution in [3.63, 3.8) is 0 Å². The first kappa shape index (κ1) is 63.4. The van der Waals surface area contributed by atoms with E-state index in [1.54, 1.807) is 63.4 Å². The molecule has 0 saturated carbocycles. The van der Waals surface area contributed by atoms with Crippen molar-refractivity contribution in [2.75, 3.05) is 0 Å². The minimum atomic E-state index is -2.64. The molecule has 8 heterocycles. The van der Waals surface area contributed by atoms with Crippen LogP contribution in [0.5, 0.6) is 23.0 Å². The largest absolute Gasteiger partial charge is 0.504 e. The van der Waals surface area contributed by atoms with E-state index in [1.165, 1.54) is 4.57 Å². The van der Waals surface area contributed by atoms with Crippen LogP contribution in [0.4, 0.5) is 0 Å². The minimum absolute atomic E-state index is 0. The monoisotopic (exact) mass is 1940 g/mol. The number of fused-ring (bicyclic) bond motifs is 12.